The predicted octanol–water partition coefficient (Wildman–Crippen LogP) is 5.44. The number of hydrogen-bond donors (Lipinski definition) is 3. The molecule has 3 aromatic carbocycles. The number of H-pyrrole nitrogens is 1. The number of aromatic amines is 1. The molecule has 5 rings (SSSR count). The quantitative estimate of drug-likeness (QED) is 0.199. The van der Waals surface area contributed by atoms with Crippen LogP contribution in [-0.2, 0) is 4.74 Å². The number of nitrogens with one attached hydrogen (secondary N) is 1. The Kier molecular flexibility index (Phi) is 8.23. The van der Waals surface area contributed by atoms with Crippen LogP contribution in [0.3, 0.4) is 0 Å². The van der Waals surface area contributed by atoms with Gasteiger partial charge in [0.1, 0.15) is 6.10 Å². The van der Waals surface area contributed by atoms with Gasteiger partial charge in [0.25, 0.3) is 6.01 Å². The van der Waals surface area contributed by atoms with Crippen molar-refractivity contribution in [3.63, 3.8) is 0 Å². The zero-order chi connectivity index (χ0) is 27.4. The monoisotopic (exact) mass is 548 g/mol. The second-order valence-corrected chi connectivity index (χ2v) is 9.47. The molecule has 10 heteroatoms. The molecular weight excluding hydrogens is 520 g/mol. The number of ether oxygens (including phenoxy) is 2. The summed E-state index contributed by atoms with van der Waals surface area (Å²) in [6, 6.07) is 20.2. The Morgan fingerprint density at radius 3 is 2.26 bits per heavy atom. The van der Waals surface area contributed by atoms with E-state index in [0.717, 1.165) is 33.3 Å². The first-order valence-corrected chi connectivity index (χ1v) is 13.1. The van der Waals surface area contributed by atoms with Gasteiger partial charge in [-0.3, -0.25) is 0 Å². The Balaban J connectivity index is 1.27. The molecule has 0 radical (unpaired) electrons. The minimum Gasteiger partial charge on any atom is -0.465 e. The average molecular weight is 549 g/mol. The maximum atomic E-state index is 10.2. The molecule has 0 spiro atoms. The summed E-state index contributed by atoms with van der Waals surface area (Å²) in [6.45, 7) is 3.95. The van der Waals surface area contributed by atoms with Crippen molar-refractivity contribution >= 4 is 22.6 Å². The largest absolute Gasteiger partial charge is 0.465 e. The third-order valence-electron chi connectivity index (χ3n) is 6.39. The minimum absolute atomic E-state index is 0.211. The van der Waals surface area contributed by atoms with Crippen molar-refractivity contribution in [3.05, 3.63) is 71.6 Å². The minimum atomic E-state index is -0.837. The molecule has 2 heterocycles. The number of aromatic nitrogens is 4. The molecule has 0 aliphatic rings. The van der Waals surface area contributed by atoms with Crippen LogP contribution in [0.1, 0.15) is 19.2 Å². The van der Waals surface area contributed by atoms with E-state index in [9.17, 15) is 10.2 Å². The first kappa shape index (κ1) is 26.8. The van der Waals surface area contributed by atoms with Gasteiger partial charge in [0.15, 0.2) is 0 Å². The van der Waals surface area contributed by atoms with E-state index in [-0.39, 0.29) is 13.2 Å². The molecular formula is C29H29ClN4O5. The Labute approximate surface area is 230 Å². The molecule has 2 aromatic heterocycles. The Hall–Kier alpha value is -3.76. The van der Waals surface area contributed by atoms with Gasteiger partial charge in [-0.05, 0) is 35.7 Å². The summed E-state index contributed by atoms with van der Waals surface area (Å²) in [6.07, 6.45) is -1.18. The van der Waals surface area contributed by atoms with E-state index in [2.05, 4.69) is 32.2 Å². The van der Waals surface area contributed by atoms with E-state index in [1.165, 1.54) is 0 Å². The highest BCUT2D eigenvalue weighted by Crippen LogP contribution is 2.34. The van der Waals surface area contributed by atoms with Crippen LogP contribution in [-0.4, -0.2) is 62.4 Å². The molecule has 39 heavy (non-hydrogen) atoms. The third kappa shape index (κ3) is 6.12. The summed E-state index contributed by atoms with van der Waals surface area (Å²) in [5.41, 5.74) is 6.30. The number of hydrogen-bond acceptors (Lipinski definition) is 8. The number of fused-ring (bicyclic) bond motifs is 1. The lowest BCUT2D eigenvalue weighted by molar-refractivity contribution is -0.0647. The number of aliphatic hydroxyl groups is 2. The van der Waals surface area contributed by atoms with E-state index in [1.807, 2.05) is 55.5 Å². The number of aryl methyl sites for hydroxylation is 1. The lowest BCUT2D eigenvalue weighted by Gasteiger charge is -2.20. The summed E-state index contributed by atoms with van der Waals surface area (Å²) in [5.74, 6) is 1.10. The van der Waals surface area contributed by atoms with Crippen molar-refractivity contribution in [1.29, 1.82) is 0 Å². The van der Waals surface area contributed by atoms with Gasteiger partial charge in [-0.1, -0.05) is 65.3 Å². The van der Waals surface area contributed by atoms with Crippen LogP contribution in [0, 0.1) is 6.92 Å². The molecule has 0 bridgehead atoms. The molecule has 9 nitrogen and oxygen atoms in total. The van der Waals surface area contributed by atoms with Crippen molar-refractivity contribution in [2.45, 2.75) is 32.5 Å². The highest BCUT2D eigenvalue weighted by atomic mass is 35.5. The molecule has 0 aliphatic heterocycles. The van der Waals surface area contributed by atoms with E-state index >= 15 is 0 Å². The predicted molar refractivity (Wildman–Crippen MR) is 149 cm³/mol. The maximum absolute atomic E-state index is 10.2. The second kappa shape index (κ2) is 12.0. The van der Waals surface area contributed by atoms with Gasteiger partial charge < -0.3 is 29.2 Å². The lowest BCUT2D eigenvalue weighted by Crippen LogP contribution is -2.33. The Morgan fingerprint density at radius 2 is 1.64 bits per heavy atom. The first-order chi connectivity index (χ1) is 18.9. The smallest absolute Gasteiger partial charge is 0.294 e. The molecule has 0 saturated heterocycles. The summed E-state index contributed by atoms with van der Waals surface area (Å²) in [7, 11) is 0. The summed E-state index contributed by atoms with van der Waals surface area (Å²) >= 11 is 6.63. The molecule has 5 aromatic rings. The van der Waals surface area contributed by atoms with Crippen LogP contribution in [0.15, 0.2) is 65.2 Å². The summed E-state index contributed by atoms with van der Waals surface area (Å²) in [4.78, 5) is 11.9. The number of rotatable bonds is 11. The molecule has 0 fully saturated rings. The number of benzene rings is 3. The van der Waals surface area contributed by atoms with Gasteiger partial charge in [0.05, 0.1) is 35.4 Å². The Morgan fingerprint density at radius 1 is 0.974 bits per heavy atom. The standard InChI is InChI=1S/C29H29ClN4O5/c1-3-37-27(16-35)26(36)12-13-38-29-32-24-14-22(23(30)15-25(24)33-29)20-8-4-18(5-9-20)19-6-10-21(11-7-19)28-31-17(2)39-34-28/h4-11,14-15,26-27,35-36H,3,12-13,16H2,1-2H3,(H,32,33)/t26-,27+/m0/s1. The normalized spacial score (nSPS) is 13.1. The van der Waals surface area contributed by atoms with Crippen LogP contribution in [0.4, 0.5) is 0 Å². The topological polar surface area (TPSA) is 127 Å². The van der Waals surface area contributed by atoms with Gasteiger partial charge in [0.2, 0.25) is 11.7 Å². The fourth-order valence-electron chi connectivity index (χ4n) is 4.33. The van der Waals surface area contributed by atoms with Crippen molar-refractivity contribution in [1.82, 2.24) is 20.1 Å². The van der Waals surface area contributed by atoms with Gasteiger partial charge in [-0.15, -0.1) is 0 Å². The number of nitrogens with zero attached hydrogens (tertiary/aromatic N) is 3. The maximum Gasteiger partial charge on any atom is 0.294 e. The van der Waals surface area contributed by atoms with Crippen molar-refractivity contribution < 1.29 is 24.2 Å². The molecule has 2 atom stereocenters. The van der Waals surface area contributed by atoms with Crippen LogP contribution < -0.4 is 4.74 Å². The molecule has 0 unspecified atom stereocenters. The van der Waals surface area contributed by atoms with Gasteiger partial charge >= 0.3 is 0 Å². The van der Waals surface area contributed by atoms with Gasteiger partial charge in [-0.25, -0.2) is 0 Å². The average Bonchev–Trinajstić information content (AvgIpc) is 3.56. The van der Waals surface area contributed by atoms with Gasteiger partial charge in [0, 0.05) is 31.1 Å². The summed E-state index contributed by atoms with van der Waals surface area (Å²) in [5, 5.41) is 24.1. The lowest BCUT2D eigenvalue weighted by atomic mass is 9.99. The number of imidazole rings is 1. The van der Waals surface area contributed by atoms with Crippen LogP contribution in [0.2, 0.25) is 5.02 Å². The fourth-order valence-corrected chi connectivity index (χ4v) is 4.60. The Bertz CT molecular complexity index is 1530. The second-order valence-electron chi connectivity index (χ2n) is 9.06. The first-order valence-electron chi connectivity index (χ1n) is 12.7. The van der Waals surface area contributed by atoms with E-state index < -0.39 is 12.2 Å². The van der Waals surface area contributed by atoms with E-state index in [1.54, 1.807) is 6.92 Å². The van der Waals surface area contributed by atoms with Crippen LogP contribution >= 0.6 is 11.6 Å². The molecule has 0 amide bonds. The van der Waals surface area contributed by atoms with Crippen LogP contribution in [0.5, 0.6) is 6.01 Å². The van der Waals surface area contributed by atoms with Gasteiger partial charge in [-0.2, -0.15) is 9.97 Å². The fraction of sp³-hybridized carbons (Fsp3) is 0.276. The van der Waals surface area contributed by atoms with E-state index in [0.29, 0.717) is 41.3 Å². The molecule has 0 saturated carbocycles. The molecule has 3 N–H and O–H groups in total. The van der Waals surface area contributed by atoms with Crippen molar-refractivity contribution in [3.8, 4) is 39.7 Å². The van der Waals surface area contributed by atoms with E-state index in [4.69, 9.17) is 25.6 Å². The number of halogens is 1. The molecule has 202 valence electrons. The third-order valence-corrected chi connectivity index (χ3v) is 6.70. The molecule has 0 aliphatic carbocycles. The number of aliphatic hydroxyl groups excluding tert-OH is 2. The van der Waals surface area contributed by atoms with Crippen molar-refractivity contribution in [2.75, 3.05) is 19.8 Å². The van der Waals surface area contributed by atoms with Crippen molar-refractivity contribution in [2.24, 2.45) is 0 Å². The zero-order valence-corrected chi connectivity index (χ0v) is 22.4. The SMILES string of the molecule is CCO[C@H](CO)[C@@H](O)CCOc1nc2cc(-c3ccc(-c4ccc(-c5noc(C)n5)cc4)cc3)c(Cl)cc2[nH]1. The highest BCUT2D eigenvalue weighted by Gasteiger charge is 2.19. The summed E-state index contributed by atoms with van der Waals surface area (Å²) < 4.78 is 16.1. The van der Waals surface area contributed by atoms with Crippen LogP contribution in [0.25, 0.3) is 44.7 Å². The highest BCUT2D eigenvalue weighted by molar-refractivity contribution is 6.34. The zero-order valence-electron chi connectivity index (χ0n) is 21.6.